The van der Waals surface area contributed by atoms with Gasteiger partial charge in [-0.25, -0.2) is 4.98 Å². The predicted molar refractivity (Wildman–Crippen MR) is 98.7 cm³/mol. The van der Waals surface area contributed by atoms with Crippen molar-refractivity contribution in [3.63, 3.8) is 0 Å². The Morgan fingerprint density at radius 2 is 2.08 bits per heavy atom. The SMILES string of the molecule is O=C1CC(C(=O)N2CCN(c3nccs3)CC2)CN1Cc1cccnc1. The van der Waals surface area contributed by atoms with E-state index in [-0.39, 0.29) is 17.7 Å². The van der Waals surface area contributed by atoms with Crippen molar-refractivity contribution in [1.29, 1.82) is 0 Å². The summed E-state index contributed by atoms with van der Waals surface area (Å²) < 4.78 is 0. The minimum atomic E-state index is -0.231. The maximum atomic E-state index is 12.8. The first-order valence-electron chi connectivity index (χ1n) is 8.80. The fourth-order valence-corrected chi connectivity index (χ4v) is 4.25. The second-order valence-electron chi connectivity index (χ2n) is 6.66. The number of piperazine rings is 1. The average Bonchev–Trinajstić information content (AvgIpc) is 3.33. The normalized spacial score (nSPS) is 20.7. The van der Waals surface area contributed by atoms with E-state index in [4.69, 9.17) is 0 Å². The molecule has 7 nitrogen and oxygen atoms in total. The topological polar surface area (TPSA) is 69.6 Å². The van der Waals surface area contributed by atoms with Crippen LogP contribution in [0.3, 0.4) is 0 Å². The lowest BCUT2D eigenvalue weighted by molar-refractivity contribution is -0.136. The molecule has 136 valence electrons. The number of likely N-dealkylation sites (tertiary alicyclic amines) is 1. The Morgan fingerprint density at radius 3 is 2.77 bits per heavy atom. The Bertz CT molecular complexity index is 759. The quantitative estimate of drug-likeness (QED) is 0.809. The van der Waals surface area contributed by atoms with Crippen LogP contribution < -0.4 is 4.90 Å². The van der Waals surface area contributed by atoms with Gasteiger partial charge in [-0.15, -0.1) is 11.3 Å². The molecule has 0 aromatic carbocycles. The molecule has 0 bridgehead atoms. The fourth-order valence-electron chi connectivity index (χ4n) is 3.55. The molecule has 2 aliphatic rings. The number of carbonyl (C=O) groups excluding carboxylic acids is 2. The monoisotopic (exact) mass is 371 g/mol. The Hall–Kier alpha value is -2.48. The number of hydrogen-bond donors (Lipinski definition) is 0. The third-order valence-corrected chi connectivity index (χ3v) is 5.77. The molecule has 1 unspecified atom stereocenters. The molecular weight excluding hydrogens is 350 g/mol. The van der Waals surface area contributed by atoms with Gasteiger partial charge in [-0.1, -0.05) is 6.07 Å². The van der Waals surface area contributed by atoms with Crippen molar-refractivity contribution in [2.75, 3.05) is 37.6 Å². The van der Waals surface area contributed by atoms with Gasteiger partial charge in [-0.3, -0.25) is 14.6 Å². The van der Waals surface area contributed by atoms with Gasteiger partial charge in [-0.2, -0.15) is 0 Å². The number of hydrogen-bond acceptors (Lipinski definition) is 6. The van der Waals surface area contributed by atoms with Crippen molar-refractivity contribution in [3.05, 3.63) is 41.7 Å². The van der Waals surface area contributed by atoms with Gasteiger partial charge in [0.05, 0.1) is 5.92 Å². The Kier molecular flexibility index (Phi) is 4.83. The third kappa shape index (κ3) is 3.55. The number of anilines is 1. The van der Waals surface area contributed by atoms with Gasteiger partial charge in [0.25, 0.3) is 0 Å². The van der Waals surface area contributed by atoms with E-state index >= 15 is 0 Å². The van der Waals surface area contributed by atoms with Crippen LogP contribution in [0.2, 0.25) is 0 Å². The van der Waals surface area contributed by atoms with Crippen LogP contribution in [0.1, 0.15) is 12.0 Å². The van der Waals surface area contributed by atoms with Crippen LogP contribution in [0.25, 0.3) is 0 Å². The standard InChI is InChI=1S/C18H21N5O2S/c24-16-10-15(13-23(16)12-14-2-1-3-19-11-14)17(25)21-5-7-22(8-6-21)18-20-4-9-26-18/h1-4,9,11,15H,5-8,10,12-13H2. The fraction of sp³-hybridized carbons (Fsp3) is 0.444. The maximum absolute atomic E-state index is 12.8. The second-order valence-corrected chi connectivity index (χ2v) is 7.54. The molecule has 2 amide bonds. The Morgan fingerprint density at radius 1 is 1.23 bits per heavy atom. The summed E-state index contributed by atoms with van der Waals surface area (Å²) in [6.07, 6.45) is 5.59. The summed E-state index contributed by atoms with van der Waals surface area (Å²) in [6.45, 7) is 3.98. The zero-order valence-corrected chi connectivity index (χ0v) is 15.3. The van der Waals surface area contributed by atoms with Crippen LogP contribution >= 0.6 is 11.3 Å². The summed E-state index contributed by atoms with van der Waals surface area (Å²) in [5, 5.41) is 2.98. The first-order valence-corrected chi connectivity index (χ1v) is 9.68. The van der Waals surface area contributed by atoms with Crippen molar-refractivity contribution in [2.24, 2.45) is 5.92 Å². The van der Waals surface area contributed by atoms with Crippen molar-refractivity contribution >= 4 is 28.3 Å². The van der Waals surface area contributed by atoms with Crippen LogP contribution in [0.4, 0.5) is 5.13 Å². The lowest BCUT2D eigenvalue weighted by Gasteiger charge is -2.35. The van der Waals surface area contributed by atoms with Crippen molar-refractivity contribution in [2.45, 2.75) is 13.0 Å². The molecule has 4 heterocycles. The maximum Gasteiger partial charge on any atom is 0.228 e. The lowest BCUT2D eigenvalue weighted by Crippen LogP contribution is -2.50. The summed E-state index contributed by atoms with van der Waals surface area (Å²) in [4.78, 5) is 39.4. The summed E-state index contributed by atoms with van der Waals surface area (Å²) in [7, 11) is 0. The highest BCUT2D eigenvalue weighted by Crippen LogP contribution is 2.24. The number of amides is 2. The molecule has 4 rings (SSSR count). The average molecular weight is 371 g/mol. The van der Waals surface area contributed by atoms with E-state index in [0.29, 0.717) is 32.6 Å². The third-order valence-electron chi connectivity index (χ3n) is 4.94. The summed E-state index contributed by atoms with van der Waals surface area (Å²) in [5.41, 5.74) is 0.992. The largest absolute Gasteiger partial charge is 0.345 e. The summed E-state index contributed by atoms with van der Waals surface area (Å²) in [6, 6.07) is 3.81. The number of aromatic nitrogens is 2. The van der Waals surface area contributed by atoms with E-state index in [0.717, 1.165) is 23.8 Å². The van der Waals surface area contributed by atoms with E-state index in [9.17, 15) is 9.59 Å². The molecule has 2 aliphatic heterocycles. The molecule has 0 aliphatic carbocycles. The highest BCUT2D eigenvalue weighted by molar-refractivity contribution is 7.13. The molecule has 1 atom stereocenters. The van der Waals surface area contributed by atoms with Gasteiger partial charge < -0.3 is 14.7 Å². The Labute approximate surface area is 156 Å². The van der Waals surface area contributed by atoms with E-state index in [1.54, 1.807) is 34.8 Å². The Balaban J connectivity index is 1.32. The van der Waals surface area contributed by atoms with Crippen LogP contribution in [-0.2, 0) is 16.1 Å². The number of carbonyl (C=O) groups is 2. The van der Waals surface area contributed by atoms with Gasteiger partial charge in [0.2, 0.25) is 11.8 Å². The van der Waals surface area contributed by atoms with Crippen LogP contribution in [0, 0.1) is 5.92 Å². The smallest absolute Gasteiger partial charge is 0.228 e. The van der Waals surface area contributed by atoms with E-state index < -0.39 is 0 Å². The minimum absolute atomic E-state index is 0.0497. The molecule has 0 saturated carbocycles. The highest BCUT2D eigenvalue weighted by atomic mass is 32.1. The first-order chi connectivity index (χ1) is 12.7. The van der Waals surface area contributed by atoms with Gasteiger partial charge in [0.15, 0.2) is 5.13 Å². The van der Waals surface area contributed by atoms with Crippen molar-refractivity contribution in [1.82, 2.24) is 19.8 Å². The number of pyridine rings is 1. The minimum Gasteiger partial charge on any atom is -0.345 e. The molecule has 2 aromatic rings. The van der Waals surface area contributed by atoms with Crippen LogP contribution in [-0.4, -0.2) is 64.3 Å². The summed E-state index contributed by atoms with van der Waals surface area (Å²) >= 11 is 1.62. The molecule has 2 aromatic heterocycles. The van der Waals surface area contributed by atoms with Crippen LogP contribution in [0.5, 0.6) is 0 Å². The number of thiazole rings is 1. The first kappa shape index (κ1) is 17.0. The van der Waals surface area contributed by atoms with Crippen molar-refractivity contribution in [3.8, 4) is 0 Å². The van der Waals surface area contributed by atoms with Crippen LogP contribution in [0.15, 0.2) is 36.1 Å². The molecule has 0 radical (unpaired) electrons. The molecule has 0 spiro atoms. The molecular formula is C18H21N5O2S. The predicted octanol–water partition coefficient (Wildman–Crippen LogP) is 1.24. The summed E-state index contributed by atoms with van der Waals surface area (Å²) in [5.74, 6) is -0.0787. The zero-order valence-electron chi connectivity index (χ0n) is 14.5. The zero-order chi connectivity index (χ0) is 17.9. The van der Waals surface area contributed by atoms with Gasteiger partial charge in [0, 0.05) is 69.7 Å². The van der Waals surface area contributed by atoms with Crippen molar-refractivity contribution < 1.29 is 9.59 Å². The van der Waals surface area contributed by atoms with E-state index in [2.05, 4.69) is 14.9 Å². The van der Waals surface area contributed by atoms with E-state index in [1.807, 2.05) is 22.4 Å². The second kappa shape index (κ2) is 7.41. The molecule has 2 saturated heterocycles. The molecule has 26 heavy (non-hydrogen) atoms. The lowest BCUT2D eigenvalue weighted by atomic mass is 10.1. The van der Waals surface area contributed by atoms with Gasteiger partial charge in [0.1, 0.15) is 0 Å². The number of rotatable bonds is 4. The van der Waals surface area contributed by atoms with Gasteiger partial charge >= 0.3 is 0 Å². The van der Waals surface area contributed by atoms with Gasteiger partial charge in [-0.05, 0) is 11.6 Å². The molecule has 8 heteroatoms. The molecule has 2 fully saturated rings. The number of nitrogens with zero attached hydrogens (tertiary/aromatic N) is 5. The highest BCUT2D eigenvalue weighted by Gasteiger charge is 2.37. The molecule has 0 N–H and O–H groups in total. The van der Waals surface area contributed by atoms with E-state index in [1.165, 1.54) is 0 Å².